The predicted octanol–water partition coefficient (Wildman–Crippen LogP) is 3.04. The zero-order valence-electron chi connectivity index (χ0n) is 15.4. The van der Waals surface area contributed by atoms with E-state index >= 15 is 0 Å². The van der Waals surface area contributed by atoms with Gasteiger partial charge < -0.3 is 19.1 Å². The number of piperidine rings is 1. The van der Waals surface area contributed by atoms with Crippen LogP contribution in [0.2, 0.25) is 0 Å². The molecule has 1 aromatic rings. The van der Waals surface area contributed by atoms with Crippen molar-refractivity contribution in [1.82, 2.24) is 9.88 Å². The molecule has 0 spiro atoms. The molecule has 0 unspecified atom stereocenters. The summed E-state index contributed by atoms with van der Waals surface area (Å²) >= 11 is 0. The molecular formula is C18H26N2O5. The van der Waals surface area contributed by atoms with Crippen LogP contribution in [0.4, 0.5) is 4.79 Å². The summed E-state index contributed by atoms with van der Waals surface area (Å²) in [5.41, 5.74) is -0.301. The third-order valence-corrected chi connectivity index (χ3v) is 3.88. The van der Waals surface area contributed by atoms with Gasteiger partial charge in [-0.3, -0.25) is 0 Å². The van der Waals surface area contributed by atoms with Crippen LogP contribution in [0.1, 0.15) is 51.0 Å². The number of aromatic nitrogens is 1. The van der Waals surface area contributed by atoms with E-state index in [2.05, 4.69) is 9.72 Å². The van der Waals surface area contributed by atoms with Crippen molar-refractivity contribution in [2.45, 2.75) is 58.3 Å². The van der Waals surface area contributed by atoms with Crippen molar-refractivity contribution in [3.05, 3.63) is 24.0 Å². The Kier molecular flexibility index (Phi) is 5.87. The number of esters is 1. The van der Waals surface area contributed by atoms with Gasteiger partial charge in [0.25, 0.3) is 0 Å². The molecule has 7 nitrogen and oxygen atoms in total. The Morgan fingerprint density at radius 3 is 2.64 bits per heavy atom. The summed E-state index contributed by atoms with van der Waals surface area (Å²) in [7, 11) is 1.31. The maximum atomic E-state index is 12.2. The molecule has 1 aliphatic rings. The second-order valence-corrected chi connectivity index (χ2v) is 7.16. The fourth-order valence-corrected chi connectivity index (χ4v) is 2.72. The van der Waals surface area contributed by atoms with E-state index in [0.717, 1.165) is 0 Å². The second-order valence-electron chi connectivity index (χ2n) is 7.16. The van der Waals surface area contributed by atoms with E-state index in [1.54, 1.807) is 17.0 Å². The highest BCUT2D eigenvalue weighted by molar-refractivity contribution is 5.87. The van der Waals surface area contributed by atoms with Crippen LogP contribution in [0.3, 0.4) is 0 Å². The Morgan fingerprint density at radius 1 is 1.32 bits per heavy atom. The third-order valence-electron chi connectivity index (χ3n) is 3.88. The number of hydrogen-bond donors (Lipinski definition) is 0. The largest absolute Gasteiger partial charge is 0.490 e. The van der Waals surface area contributed by atoms with Crippen molar-refractivity contribution in [3.63, 3.8) is 0 Å². The van der Waals surface area contributed by atoms with E-state index in [-0.39, 0.29) is 23.9 Å². The number of nitrogens with zero attached hydrogens (tertiary/aromatic N) is 2. The van der Waals surface area contributed by atoms with Crippen molar-refractivity contribution in [2.75, 3.05) is 13.7 Å². The summed E-state index contributed by atoms with van der Waals surface area (Å²) < 4.78 is 16.1. The van der Waals surface area contributed by atoms with E-state index in [4.69, 9.17) is 9.47 Å². The summed E-state index contributed by atoms with van der Waals surface area (Å²) in [4.78, 5) is 29.5. The minimum atomic E-state index is -0.508. The molecule has 1 fully saturated rings. The lowest BCUT2D eigenvalue weighted by molar-refractivity contribution is -0.00109. The summed E-state index contributed by atoms with van der Waals surface area (Å²) in [5.74, 6) is 0.0666. The molecule has 2 atom stereocenters. The smallest absolute Gasteiger partial charge is 0.410 e. The number of amides is 1. The quantitative estimate of drug-likeness (QED) is 0.780. The molecule has 1 amide bonds. The van der Waals surface area contributed by atoms with Crippen molar-refractivity contribution >= 4 is 12.1 Å². The molecule has 7 heteroatoms. The van der Waals surface area contributed by atoms with Gasteiger partial charge in [-0.15, -0.1) is 0 Å². The van der Waals surface area contributed by atoms with Gasteiger partial charge in [0.2, 0.25) is 0 Å². The Morgan fingerprint density at radius 2 is 2.04 bits per heavy atom. The van der Waals surface area contributed by atoms with Crippen LogP contribution >= 0.6 is 0 Å². The van der Waals surface area contributed by atoms with Gasteiger partial charge in [-0.05, 0) is 33.8 Å². The zero-order chi connectivity index (χ0) is 18.6. The monoisotopic (exact) mass is 350 g/mol. The van der Waals surface area contributed by atoms with E-state index < -0.39 is 11.6 Å². The van der Waals surface area contributed by atoms with Crippen LogP contribution in [0.5, 0.6) is 5.75 Å². The minimum absolute atomic E-state index is 0.00974. The zero-order valence-corrected chi connectivity index (χ0v) is 15.4. The molecule has 2 heterocycles. The predicted molar refractivity (Wildman–Crippen MR) is 91.6 cm³/mol. The summed E-state index contributed by atoms with van der Waals surface area (Å²) in [6, 6.07) is 3.28. The van der Waals surface area contributed by atoms with Gasteiger partial charge >= 0.3 is 12.1 Å². The Labute approximate surface area is 148 Å². The molecule has 0 aliphatic carbocycles. The number of carbonyl (C=O) groups is 2. The number of ether oxygens (including phenoxy) is 3. The standard InChI is InChI=1S/C18H26N2O5/c1-12-10-14(7-9-20(12)17(22)25-18(2,3)4)24-13-6-8-19-15(11-13)16(21)23-5/h6,8,11-12,14H,7,9-10H2,1-5H3/t12-,14-/m0/s1. The minimum Gasteiger partial charge on any atom is -0.490 e. The normalized spacial score (nSPS) is 20.8. The van der Waals surface area contributed by atoms with Crippen molar-refractivity contribution in [1.29, 1.82) is 0 Å². The molecule has 138 valence electrons. The van der Waals surface area contributed by atoms with Crippen LogP contribution < -0.4 is 4.74 Å². The van der Waals surface area contributed by atoms with Crippen molar-refractivity contribution in [3.8, 4) is 5.75 Å². The number of methoxy groups -OCH3 is 1. The molecule has 0 radical (unpaired) electrons. The highest BCUT2D eigenvalue weighted by Crippen LogP contribution is 2.24. The fourth-order valence-electron chi connectivity index (χ4n) is 2.72. The van der Waals surface area contributed by atoms with Gasteiger partial charge in [-0.25, -0.2) is 14.6 Å². The van der Waals surface area contributed by atoms with Crippen molar-refractivity contribution in [2.24, 2.45) is 0 Å². The molecule has 1 saturated heterocycles. The Balaban J connectivity index is 1.95. The second kappa shape index (κ2) is 7.72. The van der Waals surface area contributed by atoms with Gasteiger partial charge in [-0.1, -0.05) is 0 Å². The highest BCUT2D eigenvalue weighted by atomic mass is 16.6. The Bertz CT molecular complexity index is 626. The lowest BCUT2D eigenvalue weighted by Gasteiger charge is -2.38. The van der Waals surface area contributed by atoms with Crippen molar-refractivity contribution < 1.29 is 23.8 Å². The number of pyridine rings is 1. The van der Waals surface area contributed by atoms with Crippen LogP contribution in [0, 0.1) is 0 Å². The molecule has 25 heavy (non-hydrogen) atoms. The maximum absolute atomic E-state index is 12.2. The van der Waals surface area contributed by atoms with Gasteiger partial charge in [0.05, 0.1) is 7.11 Å². The number of likely N-dealkylation sites (tertiary alicyclic amines) is 1. The first-order valence-electron chi connectivity index (χ1n) is 8.40. The van der Waals surface area contributed by atoms with Gasteiger partial charge in [-0.2, -0.15) is 0 Å². The van der Waals surface area contributed by atoms with Gasteiger partial charge in [0.1, 0.15) is 17.5 Å². The number of hydrogen-bond acceptors (Lipinski definition) is 6. The first kappa shape index (κ1) is 19.0. The summed E-state index contributed by atoms with van der Waals surface area (Å²) in [5, 5.41) is 0. The summed E-state index contributed by atoms with van der Waals surface area (Å²) in [6.45, 7) is 8.11. The lowest BCUT2D eigenvalue weighted by atomic mass is 10.0. The lowest BCUT2D eigenvalue weighted by Crippen LogP contribution is -2.49. The molecule has 1 aromatic heterocycles. The fraction of sp³-hybridized carbons (Fsp3) is 0.611. The molecule has 1 aliphatic heterocycles. The first-order valence-corrected chi connectivity index (χ1v) is 8.40. The van der Waals surface area contributed by atoms with E-state index in [9.17, 15) is 9.59 Å². The first-order chi connectivity index (χ1) is 11.7. The van der Waals surface area contributed by atoms with Crippen LogP contribution in [-0.4, -0.2) is 53.3 Å². The SMILES string of the molecule is COC(=O)c1cc(O[C@H]2CCN(C(=O)OC(C)(C)C)[C@@H](C)C2)ccn1. The maximum Gasteiger partial charge on any atom is 0.410 e. The van der Waals surface area contributed by atoms with E-state index in [0.29, 0.717) is 25.1 Å². The van der Waals surface area contributed by atoms with Crippen LogP contribution in [-0.2, 0) is 9.47 Å². The van der Waals surface area contributed by atoms with Gasteiger partial charge in [0, 0.05) is 37.7 Å². The average Bonchev–Trinajstić information content (AvgIpc) is 2.52. The average molecular weight is 350 g/mol. The van der Waals surface area contributed by atoms with Crippen LogP contribution in [0.25, 0.3) is 0 Å². The molecule has 0 aromatic carbocycles. The third kappa shape index (κ3) is 5.34. The molecule has 0 N–H and O–H groups in total. The number of carbonyl (C=O) groups excluding carboxylic acids is 2. The number of rotatable bonds is 3. The summed E-state index contributed by atoms with van der Waals surface area (Å²) in [6.07, 6.45) is 2.56. The molecular weight excluding hydrogens is 324 g/mol. The van der Waals surface area contributed by atoms with Crippen LogP contribution in [0.15, 0.2) is 18.3 Å². The van der Waals surface area contributed by atoms with E-state index in [1.165, 1.54) is 13.3 Å². The van der Waals surface area contributed by atoms with E-state index in [1.807, 2.05) is 27.7 Å². The molecule has 2 rings (SSSR count). The Hall–Kier alpha value is -2.31. The topological polar surface area (TPSA) is 78.0 Å². The van der Waals surface area contributed by atoms with Gasteiger partial charge in [0.15, 0.2) is 5.69 Å². The molecule has 0 bridgehead atoms. The highest BCUT2D eigenvalue weighted by Gasteiger charge is 2.32. The molecule has 0 saturated carbocycles.